The number of alkyl halides is 3. The highest BCUT2D eigenvalue weighted by atomic mass is 79.9. The van der Waals surface area contributed by atoms with E-state index in [2.05, 4.69) is 15.9 Å². The molecule has 0 fully saturated rings. The number of thiophene rings is 1. The second-order valence-corrected chi connectivity index (χ2v) is 5.71. The van der Waals surface area contributed by atoms with Crippen molar-refractivity contribution < 1.29 is 18.3 Å². The second kappa shape index (κ2) is 5.19. The van der Waals surface area contributed by atoms with Gasteiger partial charge in [-0.15, -0.1) is 11.3 Å². The van der Waals surface area contributed by atoms with Crippen molar-refractivity contribution in [3.05, 3.63) is 33.6 Å². The third-order valence-corrected chi connectivity index (χ3v) is 4.61. The molecule has 2 aromatic rings. The van der Waals surface area contributed by atoms with Crippen molar-refractivity contribution in [3.8, 4) is 0 Å². The van der Waals surface area contributed by atoms with Gasteiger partial charge in [-0.3, -0.25) is 0 Å². The van der Waals surface area contributed by atoms with E-state index in [9.17, 15) is 18.3 Å². The molecule has 1 unspecified atom stereocenters. The Hall–Kier alpha value is -0.590. The lowest BCUT2D eigenvalue weighted by molar-refractivity contribution is -0.140. The maximum atomic E-state index is 12.1. The predicted molar refractivity (Wildman–Crippen MR) is 69.8 cm³/mol. The highest BCUT2D eigenvalue weighted by Crippen LogP contribution is 2.37. The molecule has 1 aromatic heterocycles. The molecule has 0 radical (unpaired) electrons. The van der Waals surface area contributed by atoms with Gasteiger partial charge in [-0.2, -0.15) is 13.2 Å². The molecule has 2 rings (SSSR count). The van der Waals surface area contributed by atoms with Crippen LogP contribution in [0.1, 0.15) is 24.5 Å². The summed E-state index contributed by atoms with van der Waals surface area (Å²) < 4.78 is 38.2. The summed E-state index contributed by atoms with van der Waals surface area (Å²) in [6.45, 7) is 0. The molecule has 0 saturated heterocycles. The Kier molecular flexibility index (Phi) is 3.99. The van der Waals surface area contributed by atoms with Crippen LogP contribution in [0.25, 0.3) is 10.1 Å². The van der Waals surface area contributed by atoms with Crippen molar-refractivity contribution in [2.24, 2.45) is 0 Å². The van der Waals surface area contributed by atoms with E-state index in [1.807, 2.05) is 12.1 Å². The summed E-state index contributed by atoms with van der Waals surface area (Å²) >= 11 is 4.79. The van der Waals surface area contributed by atoms with Crippen molar-refractivity contribution in [1.82, 2.24) is 0 Å². The Morgan fingerprint density at radius 3 is 2.72 bits per heavy atom. The zero-order valence-electron chi connectivity index (χ0n) is 9.17. The van der Waals surface area contributed by atoms with Gasteiger partial charge in [-0.25, -0.2) is 0 Å². The zero-order valence-corrected chi connectivity index (χ0v) is 11.6. The predicted octanol–water partition coefficient (Wildman–Crippen LogP) is 5.04. The number of benzene rings is 1. The molecule has 0 aliphatic rings. The van der Waals surface area contributed by atoms with Gasteiger partial charge in [-0.1, -0.05) is 12.1 Å². The standard InChI is InChI=1S/C12H10BrF3OS/c13-9-3-1-2-7-8(6-18-11(7)9)10(17)4-5-12(14,15)16/h1-3,6,10,17H,4-5H2. The minimum absolute atomic E-state index is 0.304. The van der Waals surface area contributed by atoms with E-state index in [-0.39, 0.29) is 6.42 Å². The Morgan fingerprint density at radius 1 is 1.33 bits per heavy atom. The molecule has 0 aliphatic carbocycles. The molecule has 0 saturated carbocycles. The van der Waals surface area contributed by atoms with Gasteiger partial charge >= 0.3 is 6.18 Å². The highest BCUT2D eigenvalue weighted by Gasteiger charge is 2.28. The largest absolute Gasteiger partial charge is 0.389 e. The summed E-state index contributed by atoms with van der Waals surface area (Å²) in [5, 5.41) is 12.4. The fourth-order valence-corrected chi connectivity index (χ4v) is 3.42. The highest BCUT2D eigenvalue weighted by molar-refractivity contribution is 9.10. The van der Waals surface area contributed by atoms with Crippen LogP contribution < -0.4 is 0 Å². The molecule has 1 nitrogen and oxygen atoms in total. The SMILES string of the molecule is OC(CCC(F)(F)F)c1csc2c(Br)cccc12. The minimum atomic E-state index is -4.23. The molecule has 1 atom stereocenters. The van der Waals surface area contributed by atoms with Crippen LogP contribution in [0.4, 0.5) is 13.2 Å². The molecule has 6 heteroatoms. The molecule has 0 spiro atoms. The van der Waals surface area contributed by atoms with Gasteiger partial charge in [0, 0.05) is 15.6 Å². The Bertz CT molecular complexity index is 550. The van der Waals surface area contributed by atoms with Gasteiger partial charge in [0.25, 0.3) is 0 Å². The van der Waals surface area contributed by atoms with Crippen molar-refractivity contribution in [2.45, 2.75) is 25.1 Å². The topological polar surface area (TPSA) is 20.2 Å². The van der Waals surface area contributed by atoms with E-state index >= 15 is 0 Å². The maximum absolute atomic E-state index is 12.1. The Labute approximate surface area is 114 Å². The van der Waals surface area contributed by atoms with Gasteiger partial charge in [0.2, 0.25) is 0 Å². The molecule has 0 bridgehead atoms. The van der Waals surface area contributed by atoms with E-state index in [4.69, 9.17) is 0 Å². The molecule has 0 amide bonds. The molecule has 1 heterocycles. The van der Waals surface area contributed by atoms with E-state index in [0.29, 0.717) is 5.56 Å². The minimum Gasteiger partial charge on any atom is -0.388 e. The first kappa shape index (κ1) is 13.8. The third-order valence-electron chi connectivity index (χ3n) is 2.64. The summed E-state index contributed by atoms with van der Waals surface area (Å²) in [6, 6.07) is 5.48. The van der Waals surface area contributed by atoms with Gasteiger partial charge in [-0.05, 0) is 44.7 Å². The monoisotopic (exact) mass is 338 g/mol. The van der Waals surface area contributed by atoms with Crippen LogP contribution in [-0.2, 0) is 0 Å². The van der Waals surface area contributed by atoms with Gasteiger partial charge in [0.15, 0.2) is 0 Å². The Balaban J connectivity index is 2.23. The quantitative estimate of drug-likeness (QED) is 0.831. The molecular formula is C12H10BrF3OS. The lowest BCUT2D eigenvalue weighted by atomic mass is 10.0. The molecule has 1 N–H and O–H groups in total. The number of aliphatic hydroxyl groups is 1. The average Bonchev–Trinajstić information content (AvgIpc) is 2.70. The number of halogens is 4. The van der Waals surface area contributed by atoms with Crippen molar-refractivity contribution in [1.29, 1.82) is 0 Å². The smallest absolute Gasteiger partial charge is 0.388 e. The number of aliphatic hydroxyl groups excluding tert-OH is 1. The van der Waals surface area contributed by atoms with Crippen molar-refractivity contribution in [3.63, 3.8) is 0 Å². The molecular weight excluding hydrogens is 329 g/mol. The summed E-state index contributed by atoms with van der Waals surface area (Å²) in [5.41, 5.74) is 0.570. The Morgan fingerprint density at radius 2 is 2.06 bits per heavy atom. The van der Waals surface area contributed by atoms with Crippen LogP contribution in [-0.4, -0.2) is 11.3 Å². The van der Waals surface area contributed by atoms with Crippen LogP contribution in [0.15, 0.2) is 28.1 Å². The number of hydrogen-bond acceptors (Lipinski definition) is 2. The van der Waals surface area contributed by atoms with Crippen LogP contribution in [0.2, 0.25) is 0 Å². The molecule has 98 valence electrons. The fraction of sp³-hybridized carbons (Fsp3) is 0.333. The van der Waals surface area contributed by atoms with Crippen molar-refractivity contribution in [2.75, 3.05) is 0 Å². The van der Waals surface area contributed by atoms with Gasteiger partial charge in [0.1, 0.15) is 0 Å². The third kappa shape index (κ3) is 3.05. The summed E-state index contributed by atoms with van der Waals surface area (Å²) in [6.07, 6.45) is -6.58. The normalized spacial score (nSPS) is 14.1. The van der Waals surface area contributed by atoms with Crippen LogP contribution in [0, 0.1) is 0 Å². The van der Waals surface area contributed by atoms with Gasteiger partial charge < -0.3 is 5.11 Å². The first-order valence-corrected chi connectivity index (χ1v) is 6.96. The molecule has 0 aliphatic heterocycles. The number of hydrogen-bond donors (Lipinski definition) is 1. The van der Waals surface area contributed by atoms with Gasteiger partial charge in [0.05, 0.1) is 6.10 Å². The first-order chi connectivity index (χ1) is 8.38. The number of fused-ring (bicyclic) bond motifs is 1. The van der Waals surface area contributed by atoms with E-state index in [1.165, 1.54) is 11.3 Å². The van der Waals surface area contributed by atoms with E-state index in [1.54, 1.807) is 11.4 Å². The lowest BCUT2D eigenvalue weighted by Gasteiger charge is -2.11. The molecule has 18 heavy (non-hydrogen) atoms. The van der Waals surface area contributed by atoms with E-state index in [0.717, 1.165) is 14.6 Å². The lowest BCUT2D eigenvalue weighted by Crippen LogP contribution is -2.09. The summed E-state index contributed by atoms with van der Waals surface area (Å²) in [4.78, 5) is 0. The first-order valence-electron chi connectivity index (χ1n) is 5.29. The average molecular weight is 339 g/mol. The summed E-state index contributed by atoms with van der Waals surface area (Å²) in [5.74, 6) is 0. The van der Waals surface area contributed by atoms with Crippen LogP contribution >= 0.6 is 27.3 Å². The van der Waals surface area contributed by atoms with E-state index < -0.39 is 18.7 Å². The fourth-order valence-electron chi connectivity index (χ4n) is 1.76. The van der Waals surface area contributed by atoms with Crippen LogP contribution in [0.5, 0.6) is 0 Å². The summed E-state index contributed by atoms with van der Waals surface area (Å²) in [7, 11) is 0. The number of rotatable bonds is 3. The van der Waals surface area contributed by atoms with Crippen molar-refractivity contribution >= 4 is 37.4 Å². The second-order valence-electron chi connectivity index (χ2n) is 3.98. The maximum Gasteiger partial charge on any atom is 0.389 e. The molecule has 1 aromatic carbocycles. The zero-order chi connectivity index (χ0) is 13.3. The van der Waals surface area contributed by atoms with Crippen LogP contribution in [0.3, 0.4) is 0 Å².